The lowest BCUT2D eigenvalue weighted by Crippen LogP contribution is -2.34. The number of benzene rings is 1. The van der Waals surface area contributed by atoms with E-state index in [0.29, 0.717) is 17.6 Å². The zero-order chi connectivity index (χ0) is 14.1. The molecular weight excluding hydrogens is 260 g/mol. The molecule has 1 rings (SSSR count). The highest BCUT2D eigenvalue weighted by Gasteiger charge is 2.06. The van der Waals surface area contributed by atoms with Crippen LogP contribution in [-0.2, 0) is 4.79 Å². The van der Waals surface area contributed by atoms with E-state index in [1.807, 2.05) is 12.1 Å². The first-order valence-corrected chi connectivity index (χ1v) is 7.28. The lowest BCUT2D eigenvalue weighted by molar-refractivity contribution is -0.115. The van der Waals surface area contributed by atoms with Gasteiger partial charge < -0.3 is 10.6 Å². The minimum absolute atomic E-state index is 0.0374. The molecular formula is C15H23ClN2O. The zero-order valence-electron chi connectivity index (χ0n) is 11.7. The van der Waals surface area contributed by atoms with Gasteiger partial charge in [0.05, 0.1) is 6.54 Å². The molecule has 0 radical (unpaired) electrons. The molecule has 19 heavy (non-hydrogen) atoms. The van der Waals surface area contributed by atoms with Crippen LogP contribution in [0.2, 0.25) is 5.02 Å². The molecule has 106 valence electrons. The topological polar surface area (TPSA) is 41.1 Å². The molecule has 0 bridgehead atoms. The smallest absolute Gasteiger partial charge is 0.238 e. The Morgan fingerprint density at radius 3 is 2.84 bits per heavy atom. The van der Waals surface area contributed by atoms with Gasteiger partial charge in [-0.05, 0) is 31.5 Å². The summed E-state index contributed by atoms with van der Waals surface area (Å²) in [5.74, 6) is -0.0374. The van der Waals surface area contributed by atoms with Gasteiger partial charge in [0.1, 0.15) is 0 Å². The van der Waals surface area contributed by atoms with E-state index < -0.39 is 0 Å². The molecule has 0 saturated heterocycles. The summed E-state index contributed by atoms with van der Waals surface area (Å²) in [7, 11) is 0. The summed E-state index contributed by atoms with van der Waals surface area (Å²) in [6.45, 7) is 4.64. The Morgan fingerprint density at radius 1 is 1.37 bits per heavy atom. The highest BCUT2D eigenvalue weighted by molar-refractivity contribution is 6.30. The monoisotopic (exact) mass is 282 g/mol. The minimum Gasteiger partial charge on any atom is -0.325 e. The number of nitrogens with one attached hydrogen (secondary N) is 2. The molecule has 1 amide bonds. The van der Waals surface area contributed by atoms with Crippen molar-refractivity contribution in [3.05, 3.63) is 29.3 Å². The van der Waals surface area contributed by atoms with Crippen LogP contribution in [0.25, 0.3) is 0 Å². The first-order chi connectivity index (χ1) is 9.11. The summed E-state index contributed by atoms with van der Waals surface area (Å²) < 4.78 is 0. The number of anilines is 1. The van der Waals surface area contributed by atoms with Crippen molar-refractivity contribution in [3.63, 3.8) is 0 Å². The van der Waals surface area contributed by atoms with Gasteiger partial charge in [0.25, 0.3) is 0 Å². The zero-order valence-corrected chi connectivity index (χ0v) is 12.5. The highest BCUT2D eigenvalue weighted by atomic mass is 35.5. The van der Waals surface area contributed by atoms with Crippen LogP contribution in [-0.4, -0.2) is 18.5 Å². The van der Waals surface area contributed by atoms with E-state index in [-0.39, 0.29) is 5.91 Å². The van der Waals surface area contributed by atoms with Crippen molar-refractivity contribution in [3.8, 4) is 0 Å². The molecule has 3 nitrogen and oxygen atoms in total. The van der Waals surface area contributed by atoms with E-state index in [1.165, 1.54) is 19.3 Å². The van der Waals surface area contributed by atoms with Gasteiger partial charge in [-0.1, -0.05) is 43.9 Å². The highest BCUT2D eigenvalue weighted by Crippen LogP contribution is 2.14. The fourth-order valence-electron chi connectivity index (χ4n) is 1.84. The first kappa shape index (κ1) is 16.0. The van der Waals surface area contributed by atoms with Gasteiger partial charge in [-0.25, -0.2) is 0 Å². The van der Waals surface area contributed by atoms with Crippen LogP contribution < -0.4 is 10.6 Å². The number of carbonyl (C=O) groups excluding carboxylic acids is 1. The average Bonchev–Trinajstić information content (AvgIpc) is 2.37. The SMILES string of the molecule is CCCCCC(C)NCC(=O)Nc1cccc(Cl)c1. The second-order valence-corrected chi connectivity index (χ2v) is 5.27. The molecule has 1 aromatic rings. The average molecular weight is 283 g/mol. The van der Waals surface area contributed by atoms with Gasteiger partial charge in [0, 0.05) is 16.8 Å². The third kappa shape index (κ3) is 7.19. The Bertz CT molecular complexity index is 395. The van der Waals surface area contributed by atoms with Gasteiger partial charge in [-0.15, -0.1) is 0 Å². The summed E-state index contributed by atoms with van der Waals surface area (Å²) in [6.07, 6.45) is 4.79. The van der Waals surface area contributed by atoms with E-state index in [4.69, 9.17) is 11.6 Å². The molecule has 0 spiro atoms. The van der Waals surface area contributed by atoms with Crippen molar-refractivity contribution < 1.29 is 4.79 Å². The number of halogens is 1. The largest absolute Gasteiger partial charge is 0.325 e. The Kier molecular flexibility index (Phi) is 7.53. The summed E-state index contributed by atoms with van der Waals surface area (Å²) in [6, 6.07) is 7.54. The second kappa shape index (κ2) is 8.94. The molecule has 0 aliphatic heterocycles. The maximum absolute atomic E-state index is 11.7. The third-order valence-electron chi connectivity index (χ3n) is 2.96. The number of hydrogen-bond acceptors (Lipinski definition) is 2. The summed E-state index contributed by atoms with van der Waals surface area (Å²) in [5, 5.41) is 6.67. The van der Waals surface area contributed by atoms with Crippen molar-refractivity contribution in [1.29, 1.82) is 0 Å². The maximum Gasteiger partial charge on any atom is 0.238 e. The van der Waals surface area contributed by atoms with Crippen LogP contribution in [0.15, 0.2) is 24.3 Å². The van der Waals surface area contributed by atoms with Gasteiger partial charge in [-0.3, -0.25) is 4.79 Å². The molecule has 0 heterocycles. The number of hydrogen-bond donors (Lipinski definition) is 2. The number of rotatable bonds is 8. The Balaban J connectivity index is 2.24. The molecule has 0 aliphatic carbocycles. The Hall–Kier alpha value is -1.06. The Morgan fingerprint density at radius 2 is 2.16 bits per heavy atom. The van der Waals surface area contributed by atoms with Crippen LogP contribution in [0.1, 0.15) is 39.5 Å². The predicted molar refractivity (Wildman–Crippen MR) is 81.7 cm³/mol. The van der Waals surface area contributed by atoms with Crippen LogP contribution >= 0.6 is 11.6 Å². The van der Waals surface area contributed by atoms with Crippen molar-refractivity contribution >= 4 is 23.2 Å². The third-order valence-corrected chi connectivity index (χ3v) is 3.20. The van der Waals surface area contributed by atoms with E-state index >= 15 is 0 Å². The summed E-state index contributed by atoms with van der Waals surface area (Å²) >= 11 is 5.86. The molecule has 1 unspecified atom stereocenters. The van der Waals surface area contributed by atoms with Gasteiger partial charge in [-0.2, -0.15) is 0 Å². The second-order valence-electron chi connectivity index (χ2n) is 4.84. The minimum atomic E-state index is -0.0374. The van der Waals surface area contributed by atoms with Crippen molar-refractivity contribution in [1.82, 2.24) is 5.32 Å². The number of amides is 1. The van der Waals surface area contributed by atoms with Gasteiger partial charge >= 0.3 is 0 Å². The van der Waals surface area contributed by atoms with Crippen LogP contribution in [0, 0.1) is 0 Å². The maximum atomic E-state index is 11.7. The molecule has 1 atom stereocenters. The lowest BCUT2D eigenvalue weighted by atomic mass is 10.1. The molecule has 1 aromatic carbocycles. The van der Waals surface area contributed by atoms with Crippen molar-refractivity contribution in [2.75, 3.05) is 11.9 Å². The summed E-state index contributed by atoms with van der Waals surface area (Å²) in [5.41, 5.74) is 0.734. The van der Waals surface area contributed by atoms with E-state index in [9.17, 15) is 4.79 Å². The molecule has 0 aromatic heterocycles. The van der Waals surface area contributed by atoms with Crippen LogP contribution in [0.3, 0.4) is 0 Å². The fraction of sp³-hybridized carbons (Fsp3) is 0.533. The number of carbonyl (C=O) groups is 1. The molecule has 0 aliphatic rings. The molecule has 2 N–H and O–H groups in total. The van der Waals surface area contributed by atoms with Crippen molar-refractivity contribution in [2.45, 2.75) is 45.6 Å². The van der Waals surface area contributed by atoms with E-state index in [1.54, 1.807) is 12.1 Å². The van der Waals surface area contributed by atoms with Crippen LogP contribution in [0.4, 0.5) is 5.69 Å². The van der Waals surface area contributed by atoms with E-state index in [2.05, 4.69) is 24.5 Å². The normalized spacial score (nSPS) is 12.2. The van der Waals surface area contributed by atoms with E-state index in [0.717, 1.165) is 12.1 Å². The fourth-order valence-corrected chi connectivity index (χ4v) is 2.03. The van der Waals surface area contributed by atoms with Crippen LogP contribution in [0.5, 0.6) is 0 Å². The van der Waals surface area contributed by atoms with Gasteiger partial charge in [0.15, 0.2) is 0 Å². The predicted octanol–water partition coefficient (Wildman–Crippen LogP) is 3.84. The number of unbranched alkanes of at least 4 members (excludes halogenated alkanes) is 2. The Labute approximate surface area is 120 Å². The quantitative estimate of drug-likeness (QED) is 0.712. The summed E-state index contributed by atoms with van der Waals surface area (Å²) in [4.78, 5) is 11.7. The van der Waals surface area contributed by atoms with Gasteiger partial charge in [0.2, 0.25) is 5.91 Å². The molecule has 4 heteroatoms. The standard InChI is InChI=1S/C15H23ClN2O/c1-3-4-5-7-12(2)17-11-15(19)18-14-9-6-8-13(16)10-14/h6,8-10,12,17H,3-5,7,11H2,1-2H3,(H,18,19). The molecule has 0 saturated carbocycles. The first-order valence-electron chi connectivity index (χ1n) is 6.90. The van der Waals surface area contributed by atoms with Crippen molar-refractivity contribution in [2.24, 2.45) is 0 Å². The molecule has 0 fully saturated rings. The lowest BCUT2D eigenvalue weighted by Gasteiger charge is -2.13.